The SMILES string of the molecule is CCCCCN1C=Nc2cccc3nc4c(c1c23)Cn1c-4cc2c(c1=O)COC(=O)[C@@]2(CC)OC(=O)CC[C@H](NC(=O)[C@H](N)CC1CCCCC1)C(=O)O.Cl. The van der Waals surface area contributed by atoms with E-state index in [2.05, 4.69) is 17.1 Å². The highest BCUT2D eigenvalue weighted by Gasteiger charge is 2.50. The van der Waals surface area contributed by atoms with E-state index in [-0.39, 0.29) is 55.1 Å². The number of halogens is 1. The molecule has 15 heteroatoms. The summed E-state index contributed by atoms with van der Waals surface area (Å²) in [6, 6.07) is 5.20. The number of pyridine rings is 2. The molecule has 0 radical (unpaired) electrons. The van der Waals surface area contributed by atoms with Gasteiger partial charge in [0.1, 0.15) is 12.6 Å². The highest BCUT2D eigenvalue weighted by Crippen LogP contribution is 2.47. The second-order valence-electron chi connectivity index (χ2n) is 14.9. The second-order valence-corrected chi connectivity index (χ2v) is 14.9. The molecule has 1 fully saturated rings. The van der Waals surface area contributed by atoms with Crippen LogP contribution in [0.15, 0.2) is 34.1 Å². The number of amides is 1. The Morgan fingerprint density at radius 2 is 1.91 bits per heavy atom. The summed E-state index contributed by atoms with van der Waals surface area (Å²) in [5, 5.41) is 13.3. The van der Waals surface area contributed by atoms with Crippen LogP contribution in [0.5, 0.6) is 0 Å². The van der Waals surface area contributed by atoms with Crippen LogP contribution in [0.4, 0.5) is 11.4 Å². The van der Waals surface area contributed by atoms with Gasteiger partial charge in [0, 0.05) is 24.1 Å². The van der Waals surface area contributed by atoms with Crippen molar-refractivity contribution in [3.63, 3.8) is 0 Å². The molecule has 55 heavy (non-hydrogen) atoms. The van der Waals surface area contributed by atoms with Gasteiger partial charge >= 0.3 is 17.9 Å². The third-order valence-electron chi connectivity index (χ3n) is 11.4. The highest BCUT2D eigenvalue weighted by atomic mass is 35.5. The number of nitrogens with one attached hydrogen (secondary N) is 1. The molecule has 0 spiro atoms. The number of nitrogens with zero attached hydrogens (tertiary/aromatic N) is 4. The van der Waals surface area contributed by atoms with Crippen molar-refractivity contribution in [1.29, 1.82) is 0 Å². The average molecular weight is 777 g/mol. The number of cyclic esters (lactones) is 1. The first kappa shape index (κ1) is 39.9. The Hall–Kier alpha value is -4.82. The molecule has 3 aromatic rings. The van der Waals surface area contributed by atoms with E-state index >= 15 is 0 Å². The van der Waals surface area contributed by atoms with Gasteiger partial charge in [-0.1, -0.05) is 64.9 Å². The van der Waals surface area contributed by atoms with Gasteiger partial charge in [-0.05, 0) is 49.8 Å². The third-order valence-corrected chi connectivity index (χ3v) is 11.4. The van der Waals surface area contributed by atoms with Crippen LogP contribution < -0.4 is 21.5 Å². The van der Waals surface area contributed by atoms with Crippen LogP contribution in [0, 0.1) is 5.92 Å². The van der Waals surface area contributed by atoms with Crippen LogP contribution in [0.1, 0.15) is 108 Å². The van der Waals surface area contributed by atoms with Gasteiger partial charge in [-0.3, -0.25) is 14.4 Å². The molecule has 7 rings (SSSR count). The zero-order chi connectivity index (χ0) is 38.1. The number of esters is 2. The fraction of sp³-hybridized carbons (Fsp3) is 0.525. The lowest BCUT2D eigenvalue weighted by molar-refractivity contribution is -0.189. The number of aliphatic carboxylic acids is 1. The Morgan fingerprint density at radius 1 is 1.13 bits per heavy atom. The quantitative estimate of drug-likeness (QED) is 0.110. The third kappa shape index (κ3) is 7.45. The minimum atomic E-state index is -1.95. The summed E-state index contributed by atoms with van der Waals surface area (Å²) in [5.41, 5.74) is 8.67. The van der Waals surface area contributed by atoms with Crippen molar-refractivity contribution in [2.45, 2.75) is 122 Å². The molecular formula is C40H49ClN6O8. The molecule has 1 amide bonds. The van der Waals surface area contributed by atoms with Gasteiger partial charge in [0.25, 0.3) is 5.56 Å². The topological polar surface area (TPSA) is 196 Å². The van der Waals surface area contributed by atoms with Gasteiger partial charge in [0.2, 0.25) is 11.5 Å². The van der Waals surface area contributed by atoms with E-state index < -0.39 is 47.9 Å². The summed E-state index contributed by atoms with van der Waals surface area (Å²) < 4.78 is 13.1. The number of fused-ring (bicyclic) bond motifs is 5. The van der Waals surface area contributed by atoms with E-state index in [1.54, 1.807) is 17.6 Å². The number of unbranched alkanes of at least 4 members (excludes halogenated alkanes) is 2. The number of hydrogen-bond donors (Lipinski definition) is 3. The van der Waals surface area contributed by atoms with Crippen molar-refractivity contribution in [3.8, 4) is 11.4 Å². The number of aromatic nitrogens is 2. The predicted octanol–water partition coefficient (Wildman–Crippen LogP) is 5.37. The molecule has 2 aromatic heterocycles. The van der Waals surface area contributed by atoms with Crippen LogP contribution in [0.3, 0.4) is 0 Å². The van der Waals surface area contributed by atoms with Crippen LogP contribution in [0.2, 0.25) is 0 Å². The first-order valence-corrected chi connectivity index (χ1v) is 19.3. The average Bonchev–Trinajstić information content (AvgIpc) is 3.54. The van der Waals surface area contributed by atoms with E-state index in [9.17, 15) is 29.1 Å². The number of carbonyl (C=O) groups excluding carboxylic acids is 3. The number of nitrogens with two attached hydrogens (primary N) is 1. The molecule has 1 aromatic carbocycles. The largest absolute Gasteiger partial charge is 0.480 e. The number of carboxylic acid groups (broad SMARTS) is 1. The number of carboxylic acids is 1. The van der Waals surface area contributed by atoms with Gasteiger partial charge < -0.3 is 35.1 Å². The minimum absolute atomic E-state index is 0. The summed E-state index contributed by atoms with van der Waals surface area (Å²) in [7, 11) is 0. The van der Waals surface area contributed by atoms with Crippen molar-refractivity contribution >= 4 is 64.8 Å². The van der Waals surface area contributed by atoms with Crippen LogP contribution >= 0.6 is 12.4 Å². The molecular weight excluding hydrogens is 728 g/mol. The summed E-state index contributed by atoms with van der Waals surface area (Å²) in [5.74, 6) is -3.29. The molecule has 1 aliphatic carbocycles. The molecule has 4 N–H and O–H groups in total. The molecule has 0 bridgehead atoms. The van der Waals surface area contributed by atoms with Gasteiger partial charge in [-0.25, -0.2) is 19.6 Å². The standard InChI is InChI=1S/C40H48N6O8.ClH/c1-3-5-9-17-45-22-42-28-13-10-14-29-33(28)35(45)24-20-46-31(34(24)43-29)19-26-25(37(46)49)21-53-39(52)40(26,4-2)54-32(47)16-15-30(38(50)51)44-36(48)27(41)18-23-11-7-6-8-12-23;/h10,13-14,19,22-23,27,30H,3-9,11-12,15-18,20-21,41H2,1-2H3,(H,44,48)(H,50,51);1H/t27-,30+,40+;/m1./s1. The Kier molecular flexibility index (Phi) is 12.0. The normalized spacial score (nSPS) is 19.4. The molecule has 14 nitrogen and oxygen atoms in total. The molecule has 0 saturated heterocycles. The van der Waals surface area contributed by atoms with E-state index in [4.69, 9.17) is 25.2 Å². The fourth-order valence-electron chi connectivity index (χ4n) is 8.49. The Balaban J connectivity index is 0.00000514. The number of aliphatic imine (C=N–C) groups is 1. The number of hydrogen-bond acceptors (Lipinski definition) is 11. The maximum absolute atomic E-state index is 14.3. The van der Waals surface area contributed by atoms with Gasteiger partial charge in [-0.2, -0.15) is 0 Å². The summed E-state index contributed by atoms with van der Waals surface area (Å²) in [4.78, 5) is 78.2. The number of benzene rings is 1. The zero-order valence-electron chi connectivity index (χ0n) is 31.3. The van der Waals surface area contributed by atoms with Crippen molar-refractivity contribution in [2.24, 2.45) is 16.6 Å². The smallest absolute Gasteiger partial charge is 0.355 e. The maximum Gasteiger partial charge on any atom is 0.355 e. The Morgan fingerprint density at radius 3 is 2.64 bits per heavy atom. The Bertz CT molecular complexity index is 2100. The van der Waals surface area contributed by atoms with Crippen molar-refractivity contribution in [1.82, 2.24) is 14.9 Å². The highest BCUT2D eigenvalue weighted by molar-refractivity contribution is 6.11. The van der Waals surface area contributed by atoms with Crippen molar-refractivity contribution in [2.75, 3.05) is 11.4 Å². The summed E-state index contributed by atoms with van der Waals surface area (Å²) in [6.07, 6.45) is 9.93. The van der Waals surface area contributed by atoms with Crippen LogP contribution in [0.25, 0.3) is 22.3 Å². The lowest BCUT2D eigenvalue weighted by atomic mass is 9.85. The van der Waals surface area contributed by atoms with Crippen LogP contribution in [-0.2, 0) is 47.4 Å². The Labute approximate surface area is 325 Å². The molecule has 5 heterocycles. The lowest BCUT2D eigenvalue weighted by Gasteiger charge is -2.35. The summed E-state index contributed by atoms with van der Waals surface area (Å²) >= 11 is 0. The van der Waals surface area contributed by atoms with E-state index in [1.807, 2.05) is 24.5 Å². The van der Waals surface area contributed by atoms with Gasteiger partial charge in [-0.15, -0.1) is 12.4 Å². The number of ether oxygens (including phenoxy) is 2. The number of carbonyl (C=O) groups is 4. The fourth-order valence-corrected chi connectivity index (χ4v) is 8.49. The number of rotatable bonds is 14. The van der Waals surface area contributed by atoms with Gasteiger partial charge in [0.15, 0.2) is 0 Å². The second kappa shape index (κ2) is 16.5. The van der Waals surface area contributed by atoms with E-state index in [1.165, 1.54) is 0 Å². The molecule has 294 valence electrons. The maximum atomic E-state index is 14.3. The molecule has 1 saturated carbocycles. The van der Waals surface area contributed by atoms with Crippen molar-refractivity contribution < 1.29 is 33.8 Å². The van der Waals surface area contributed by atoms with E-state index in [0.717, 1.165) is 85.8 Å². The number of anilines is 1. The lowest BCUT2D eigenvalue weighted by Crippen LogP contribution is -2.49. The monoisotopic (exact) mass is 776 g/mol. The first-order chi connectivity index (χ1) is 26.1. The van der Waals surface area contributed by atoms with Crippen molar-refractivity contribution in [3.05, 3.63) is 51.3 Å². The molecule has 3 atom stereocenters. The zero-order valence-corrected chi connectivity index (χ0v) is 32.1. The van der Waals surface area contributed by atoms with E-state index in [0.29, 0.717) is 23.7 Å². The molecule has 4 aliphatic rings. The minimum Gasteiger partial charge on any atom is -0.480 e. The van der Waals surface area contributed by atoms with Gasteiger partial charge in [0.05, 0.1) is 58.2 Å². The predicted molar refractivity (Wildman–Crippen MR) is 209 cm³/mol. The molecule has 3 aliphatic heterocycles. The van der Waals surface area contributed by atoms with Crippen LogP contribution in [-0.4, -0.2) is 63.4 Å². The summed E-state index contributed by atoms with van der Waals surface area (Å²) in [6.45, 7) is 4.51. The molecule has 0 unspecified atom stereocenters. The first-order valence-electron chi connectivity index (χ1n) is 19.3.